The summed E-state index contributed by atoms with van der Waals surface area (Å²) in [6, 6.07) is 6.69. The number of amides is 3. The summed E-state index contributed by atoms with van der Waals surface area (Å²) >= 11 is 6.34. The number of aromatic nitrogens is 2. The molecule has 3 fully saturated rings. The first-order valence-electron chi connectivity index (χ1n) is 17.0. The molecule has 5 atom stereocenters. The van der Waals surface area contributed by atoms with Gasteiger partial charge in [0.2, 0.25) is 33.6 Å². The summed E-state index contributed by atoms with van der Waals surface area (Å²) in [5.74, 6) is -1.19. The average molecular weight is 755 g/mol. The zero-order valence-electron chi connectivity index (χ0n) is 29.6. The highest BCUT2D eigenvalue weighted by molar-refractivity contribution is 7.91. The number of hydrogen-bond acceptors (Lipinski definition) is 11. The Labute approximate surface area is 307 Å². The van der Waals surface area contributed by atoms with Crippen LogP contribution >= 0.6 is 11.6 Å². The Balaban J connectivity index is 1.31. The van der Waals surface area contributed by atoms with Crippen LogP contribution in [0.1, 0.15) is 46.5 Å². The molecule has 278 valence electrons. The zero-order chi connectivity index (χ0) is 37.6. The molecule has 16 heteroatoms. The summed E-state index contributed by atoms with van der Waals surface area (Å²) in [6.45, 7) is 9.48. The number of sulfonamides is 1. The van der Waals surface area contributed by atoms with Gasteiger partial charge in [0.1, 0.15) is 29.5 Å². The van der Waals surface area contributed by atoms with Gasteiger partial charge in [-0.25, -0.2) is 18.4 Å². The topological polar surface area (TPSA) is 178 Å². The highest BCUT2D eigenvalue weighted by Gasteiger charge is 2.62. The maximum atomic E-state index is 14.6. The van der Waals surface area contributed by atoms with Gasteiger partial charge in [0, 0.05) is 34.2 Å². The second-order valence-corrected chi connectivity index (χ2v) is 16.9. The van der Waals surface area contributed by atoms with Crippen molar-refractivity contribution in [3.8, 4) is 17.5 Å². The molecule has 1 saturated heterocycles. The third-order valence-electron chi connectivity index (χ3n) is 9.74. The third-order valence-corrected chi connectivity index (χ3v) is 11.8. The lowest BCUT2D eigenvalue weighted by Crippen LogP contribution is -2.58. The summed E-state index contributed by atoms with van der Waals surface area (Å²) < 4.78 is 44.7. The number of rotatable bonds is 13. The molecule has 2 aliphatic carbocycles. The molecule has 2 saturated carbocycles. The van der Waals surface area contributed by atoms with Gasteiger partial charge in [-0.2, -0.15) is 0 Å². The molecule has 2 aromatic heterocycles. The summed E-state index contributed by atoms with van der Waals surface area (Å²) in [5, 5.41) is 7.22. The monoisotopic (exact) mass is 754 g/mol. The van der Waals surface area contributed by atoms with Crippen LogP contribution in [0.2, 0.25) is 5.02 Å². The summed E-state index contributed by atoms with van der Waals surface area (Å²) in [7, 11) is -0.852. The number of pyridine rings is 2. The standard InChI is InChI=1S/C36H43ClN6O8S/c1-7-20-16-36(20,34(46)42-52(47,48)24-10-11-24)41-31(44)27-15-23(51-32-26-14-21(37)8-12-25(26)28(49-5)18-39-32)19-43(27)33(45)30(35(2,3)4)40-22-9-13-29(50-6)38-17-22/h7-9,12-14,17-18,20,23-24,27,30,40H,1,10-11,15-16,19H2,2-6H3,(H,41,44)(H,42,46)/t20-,23-,27+,30+,36-/m1/s1. The van der Waals surface area contributed by atoms with Crippen LogP contribution in [-0.2, 0) is 24.4 Å². The molecule has 0 radical (unpaired) electrons. The number of methoxy groups -OCH3 is 2. The fraction of sp³-hybridized carbons (Fsp3) is 0.472. The molecule has 0 unspecified atom stereocenters. The normalized spacial score (nSPS) is 23.3. The minimum absolute atomic E-state index is 0.00194. The van der Waals surface area contributed by atoms with Crippen LogP contribution in [0.5, 0.6) is 17.5 Å². The Hall–Kier alpha value is -4.63. The molecular weight excluding hydrogens is 712 g/mol. The van der Waals surface area contributed by atoms with Crippen molar-refractivity contribution < 1.29 is 37.0 Å². The van der Waals surface area contributed by atoms with Crippen molar-refractivity contribution in [2.75, 3.05) is 26.1 Å². The van der Waals surface area contributed by atoms with Gasteiger partial charge in [0.15, 0.2) is 0 Å². The van der Waals surface area contributed by atoms with E-state index in [1.165, 1.54) is 31.4 Å². The van der Waals surface area contributed by atoms with Crippen LogP contribution in [0.3, 0.4) is 0 Å². The summed E-state index contributed by atoms with van der Waals surface area (Å²) in [4.78, 5) is 52.6. The number of nitrogens with one attached hydrogen (secondary N) is 3. The highest BCUT2D eigenvalue weighted by atomic mass is 35.5. The molecule has 14 nitrogen and oxygen atoms in total. The van der Waals surface area contributed by atoms with Crippen molar-refractivity contribution in [3.05, 3.63) is 60.4 Å². The molecule has 1 aromatic carbocycles. The van der Waals surface area contributed by atoms with Crippen LogP contribution < -0.4 is 29.6 Å². The molecule has 0 spiro atoms. The minimum atomic E-state index is -3.89. The molecule has 3 heterocycles. The molecule has 0 bridgehead atoms. The van der Waals surface area contributed by atoms with Gasteiger partial charge >= 0.3 is 0 Å². The van der Waals surface area contributed by atoms with E-state index in [1.807, 2.05) is 20.8 Å². The SMILES string of the molecule is C=C[C@@H]1C[C@]1(NC(=O)[C@@H]1C[C@@H](Oc2ncc(OC)c3ccc(Cl)cc23)CN1C(=O)[C@H](Nc1ccc(OC)nc1)C(C)(C)C)C(=O)NS(=O)(=O)C1CC1. The fourth-order valence-corrected chi connectivity index (χ4v) is 8.08. The Morgan fingerprint density at radius 3 is 2.42 bits per heavy atom. The first kappa shape index (κ1) is 37.1. The van der Waals surface area contributed by atoms with Crippen molar-refractivity contribution in [1.82, 2.24) is 24.9 Å². The largest absolute Gasteiger partial charge is 0.494 e. The number of nitrogens with zero attached hydrogens (tertiary/aromatic N) is 3. The van der Waals surface area contributed by atoms with Crippen molar-refractivity contribution >= 4 is 55.8 Å². The molecule has 3 amide bonds. The molecule has 6 rings (SSSR count). The van der Waals surface area contributed by atoms with E-state index in [0.29, 0.717) is 46.0 Å². The first-order valence-corrected chi connectivity index (χ1v) is 18.9. The maximum absolute atomic E-state index is 14.6. The van der Waals surface area contributed by atoms with E-state index < -0.39 is 68.1 Å². The van der Waals surface area contributed by atoms with Crippen molar-refractivity contribution in [1.29, 1.82) is 0 Å². The number of hydrogen-bond donors (Lipinski definition) is 3. The fourth-order valence-electron chi connectivity index (χ4n) is 6.54. The number of benzene rings is 1. The molecule has 52 heavy (non-hydrogen) atoms. The van der Waals surface area contributed by atoms with Gasteiger partial charge in [0.05, 0.1) is 44.1 Å². The third kappa shape index (κ3) is 7.47. The number of ether oxygens (including phenoxy) is 3. The van der Waals surface area contributed by atoms with Crippen molar-refractivity contribution in [2.45, 2.75) is 75.4 Å². The van der Waals surface area contributed by atoms with Crippen LogP contribution in [0.4, 0.5) is 5.69 Å². The minimum Gasteiger partial charge on any atom is -0.494 e. The highest BCUT2D eigenvalue weighted by Crippen LogP contribution is 2.46. The second kappa shape index (κ2) is 14.1. The van der Waals surface area contributed by atoms with Crippen molar-refractivity contribution in [3.63, 3.8) is 0 Å². The predicted molar refractivity (Wildman–Crippen MR) is 195 cm³/mol. The maximum Gasteiger partial charge on any atom is 0.259 e. The second-order valence-electron chi connectivity index (χ2n) is 14.5. The lowest BCUT2D eigenvalue weighted by molar-refractivity contribution is -0.141. The Morgan fingerprint density at radius 2 is 1.83 bits per heavy atom. The quantitative estimate of drug-likeness (QED) is 0.216. The summed E-state index contributed by atoms with van der Waals surface area (Å²) in [5.41, 5.74) is -1.62. The predicted octanol–water partition coefficient (Wildman–Crippen LogP) is 3.84. The van der Waals surface area contributed by atoms with Crippen LogP contribution in [0, 0.1) is 11.3 Å². The average Bonchev–Trinajstić information content (AvgIpc) is 4.03. The van der Waals surface area contributed by atoms with Gasteiger partial charge in [-0.1, -0.05) is 38.4 Å². The number of carbonyl (C=O) groups excluding carboxylic acids is 3. The lowest BCUT2D eigenvalue weighted by Gasteiger charge is -2.36. The van der Waals surface area contributed by atoms with E-state index in [2.05, 4.69) is 31.9 Å². The molecular formula is C36H43ClN6O8S. The Bertz CT molecular complexity index is 2000. The van der Waals surface area contributed by atoms with Gasteiger partial charge < -0.3 is 29.7 Å². The number of anilines is 1. The molecule has 3 N–H and O–H groups in total. The number of fused-ring (bicyclic) bond motifs is 1. The first-order chi connectivity index (χ1) is 24.6. The van der Waals surface area contributed by atoms with Crippen LogP contribution in [0.15, 0.2) is 55.4 Å². The van der Waals surface area contributed by atoms with E-state index in [4.69, 9.17) is 25.8 Å². The Morgan fingerprint density at radius 1 is 1.08 bits per heavy atom. The van der Waals surface area contributed by atoms with E-state index >= 15 is 0 Å². The number of likely N-dealkylation sites (tertiary alicyclic amines) is 1. The van der Waals surface area contributed by atoms with Gasteiger partial charge in [-0.15, -0.1) is 6.58 Å². The zero-order valence-corrected chi connectivity index (χ0v) is 31.2. The van der Waals surface area contributed by atoms with Gasteiger partial charge in [-0.05, 0) is 48.9 Å². The van der Waals surface area contributed by atoms with E-state index in [0.717, 1.165) is 0 Å². The molecule has 3 aliphatic rings. The van der Waals surface area contributed by atoms with E-state index in [-0.39, 0.29) is 25.3 Å². The Kier molecular flexibility index (Phi) is 10.0. The van der Waals surface area contributed by atoms with Crippen LogP contribution in [-0.4, -0.2) is 90.7 Å². The van der Waals surface area contributed by atoms with Crippen LogP contribution in [0.25, 0.3) is 10.8 Å². The number of halogens is 1. The molecule has 3 aromatic rings. The smallest absolute Gasteiger partial charge is 0.259 e. The number of carbonyl (C=O) groups is 3. The van der Waals surface area contributed by atoms with Crippen molar-refractivity contribution in [2.24, 2.45) is 11.3 Å². The molecule has 1 aliphatic heterocycles. The van der Waals surface area contributed by atoms with E-state index in [9.17, 15) is 22.8 Å². The lowest BCUT2D eigenvalue weighted by atomic mass is 9.85. The summed E-state index contributed by atoms with van der Waals surface area (Å²) in [6.07, 6.45) is 5.02. The van der Waals surface area contributed by atoms with Gasteiger partial charge in [-0.3, -0.25) is 19.1 Å². The van der Waals surface area contributed by atoms with E-state index in [1.54, 1.807) is 36.5 Å². The van der Waals surface area contributed by atoms with Gasteiger partial charge in [0.25, 0.3) is 5.91 Å².